The van der Waals surface area contributed by atoms with E-state index in [-0.39, 0.29) is 16.6 Å². The first-order valence-corrected chi connectivity index (χ1v) is 10.6. The van der Waals surface area contributed by atoms with E-state index in [1.54, 1.807) is 40.7 Å². The number of halogens is 1. The van der Waals surface area contributed by atoms with E-state index < -0.39 is 10.0 Å². The van der Waals surface area contributed by atoms with Gasteiger partial charge in [-0.05, 0) is 67.3 Å². The van der Waals surface area contributed by atoms with Crippen LogP contribution in [0.15, 0.2) is 57.9 Å². The zero-order valence-electron chi connectivity index (χ0n) is 15.4. The van der Waals surface area contributed by atoms with Crippen molar-refractivity contribution in [2.75, 3.05) is 13.1 Å². The Kier molecular flexibility index (Phi) is 4.99. The predicted molar refractivity (Wildman–Crippen MR) is 102 cm³/mol. The lowest BCUT2D eigenvalue weighted by Gasteiger charge is -2.29. The lowest BCUT2D eigenvalue weighted by molar-refractivity contribution is 0.288. The van der Waals surface area contributed by atoms with Crippen molar-refractivity contribution in [3.8, 4) is 22.8 Å². The average molecular weight is 401 g/mol. The molecule has 146 valence electrons. The number of rotatable bonds is 4. The standard InChI is InChI=1S/C20H20FN3O3S/c1-14-10-12-24(13-11-14)28(25,26)18-8-4-15(5-9-18)19-22-20(27-23-19)16-2-6-17(21)7-3-16/h2-9,14H,10-13H2,1H3. The first kappa shape index (κ1) is 18.8. The van der Waals surface area contributed by atoms with Crippen molar-refractivity contribution in [1.29, 1.82) is 0 Å². The number of piperidine rings is 1. The average Bonchev–Trinajstić information content (AvgIpc) is 3.19. The van der Waals surface area contributed by atoms with E-state index >= 15 is 0 Å². The van der Waals surface area contributed by atoms with Crippen molar-refractivity contribution in [2.24, 2.45) is 5.92 Å². The lowest BCUT2D eigenvalue weighted by atomic mass is 10.0. The molecule has 4 rings (SSSR count). The molecule has 0 atom stereocenters. The molecule has 0 bridgehead atoms. The molecule has 3 aromatic rings. The molecular weight excluding hydrogens is 381 g/mol. The summed E-state index contributed by atoms with van der Waals surface area (Å²) < 4.78 is 45.4. The summed E-state index contributed by atoms with van der Waals surface area (Å²) in [4.78, 5) is 4.57. The highest BCUT2D eigenvalue weighted by Gasteiger charge is 2.28. The molecule has 1 aromatic heterocycles. The zero-order valence-corrected chi connectivity index (χ0v) is 16.2. The van der Waals surface area contributed by atoms with Crippen molar-refractivity contribution in [2.45, 2.75) is 24.7 Å². The number of sulfonamides is 1. The maximum Gasteiger partial charge on any atom is 0.258 e. The van der Waals surface area contributed by atoms with E-state index in [2.05, 4.69) is 17.1 Å². The van der Waals surface area contributed by atoms with E-state index in [0.717, 1.165) is 12.8 Å². The van der Waals surface area contributed by atoms with Crippen LogP contribution in [-0.4, -0.2) is 36.0 Å². The molecule has 0 saturated carbocycles. The molecule has 28 heavy (non-hydrogen) atoms. The third-order valence-corrected chi connectivity index (χ3v) is 6.92. The van der Waals surface area contributed by atoms with E-state index in [9.17, 15) is 12.8 Å². The van der Waals surface area contributed by atoms with Crippen molar-refractivity contribution < 1.29 is 17.3 Å². The van der Waals surface area contributed by atoms with Crippen LogP contribution < -0.4 is 0 Å². The number of aromatic nitrogens is 2. The first-order chi connectivity index (χ1) is 13.4. The fourth-order valence-electron chi connectivity index (χ4n) is 3.20. The van der Waals surface area contributed by atoms with E-state index in [0.29, 0.717) is 36.0 Å². The van der Waals surface area contributed by atoms with Gasteiger partial charge in [-0.3, -0.25) is 0 Å². The Morgan fingerprint density at radius 1 is 1.00 bits per heavy atom. The molecule has 2 heterocycles. The van der Waals surface area contributed by atoms with Gasteiger partial charge in [0.1, 0.15) is 5.82 Å². The fraction of sp³-hybridized carbons (Fsp3) is 0.300. The molecule has 1 aliphatic rings. The Balaban J connectivity index is 1.54. The van der Waals surface area contributed by atoms with Gasteiger partial charge in [0.05, 0.1) is 4.90 Å². The van der Waals surface area contributed by atoms with Crippen LogP contribution in [0, 0.1) is 11.7 Å². The van der Waals surface area contributed by atoms with Crippen LogP contribution in [-0.2, 0) is 10.0 Å². The van der Waals surface area contributed by atoms with Crippen LogP contribution in [0.2, 0.25) is 0 Å². The molecule has 8 heteroatoms. The Morgan fingerprint density at radius 2 is 1.61 bits per heavy atom. The Bertz CT molecular complexity index is 1050. The second kappa shape index (κ2) is 7.44. The minimum Gasteiger partial charge on any atom is -0.334 e. The lowest BCUT2D eigenvalue weighted by Crippen LogP contribution is -2.37. The Morgan fingerprint density at radius 3 is 2.25 bits per heavy atom. The molecule has 6 nitrogen and oxygen atoms in total. The van der Waals surface area contributed by atoms with E-state index in [1.165, 1.54) is 12.1 Å². The molecule has 0 unspecified atom stereocenters. The summed E-state index contributed by atoms with van der Waals surface area (Å²) in [6, 6.07) is 12.2. The van der Waals surface area contributed by atoms with Gasteiger partial charge in [0.2, 0.25) is 15.8 Å². The smallest absolute Gasteiger partial charge is 0.258 e. The summed E-state index contributed by atoms with van der Waals surface area (Å²) in [6.45, 7) is 3.25. The summed E-state index contributed by atoms with van der Waals surface area (Å²) in [7, 11) is -3.49. The third kappa shape index (κ3) is 3.70. The van der Waals surface area contributed by atoms with E-state index in [1.807, 2.05) is 0 Å². The van der Waals surface area contributed by atoms with Crippen LogP contribution in [0.25, 0.3) is 22.8 Å². The van der Waals surface area contributed by atoms with Gasteiger partial charge in [-0.25, -0.2) is 12.8 Å². The second-order valence-electron chi connectivity index (χ2n) is 7.04. The summed E-state index contributed by atoms with van der Waals surface area (Å²) in [5, 5.41) is 3.94. The molecule has 2 aromatic carbocycles. The summed E-state index contributed by atoms with van der Waals surface area (Å²) in [6.07, 6.45) is 1.76. The SMILES string of the molecule is CC1CCN(S(=O)(=O)c2ccc(-c3noc(-c4ccc(F)cc4)n3)cc2)CC1. The monoisotopic (exact) mass is 401 g/mol. The fourth-order valence-corrected chi connectivity index (χ4v) is 4.67. The maximum atomic E-state index is 13.0. The molecule has 0 amide bonds. The highest BCUT2D eigenvalue weighted by Crippen LogP contribution is 2.26. The highest BCUT2D eigenvalue weighted by molar-refractivity contribution is 7.89. The highest BCUT2D eigenvalue weighted by atomic mass is 32.2. The Hall–Kier alpha value is -2.58. The first-order valence-electron chi connectivity index (χ1n) is 9.14. The minimum absolute atomic E-state index is 0.257. The largest absolute Gasteiger partial charge is 0.334 e. The van der Waals surface area contributed by atoms with Gasteiger partial charge in [-0.15, -0.1) is 0 Å². The van der Waals surface area contributed by atoms with Gasteiger partial charge >= 0.3 is 0 Å². The van der Waals surface area contributed by atoms with Crippen molar-refractivity contribution in [3.63, 3.8) is 0 Å². The van der Waals surface area contributed by atoms with Gasteiger partial charge in [0.15, 0.2) is 0 Å². The molecule has 0 radical (unpaired) electrons. The summed E-state index contributed by atoms with van der Waals surface area (Å²) in [5.74, 6) is 0.829. The van der Waals surface area contributed by atoms with Crippen LogP contribution in [0.1, 0.15) is 19.8 Å². The second-order valence-corrected chi connectivity index (χ2v) is 8.98. The van der Waals surface area contributed by atoms with Gasteiger partial charge in [0.25, 0.3) is 5.89 Å². The molecule has 1 aliphatic heterocycles. The normalized spacial score (nSPS) is 16.4. The summed E-state index contributed by atoms with van der Waals surface area (Å²) >= 11 is 0. The van der Waals surface area contributed by atoms with E-state index in [4.69, 9.17) is 4.52 Å². The number of hydrogen-bond donors (Lipinski definition) is 0. The van der Waals surface area contributed by atoms with Crippen LogP contribution in [0.4, 0.5) is 4.39 Å². The molecular formula is C20H20FN3O3S. The quantitative estimate of drug-likeness (QED) is 0.661. The third-order valence-electron chi connectivity index (χ3n) is 5.01. The van der Waals surface area contributed by atoms with Crippen molar-refractivity contribution in [3.05, 3.63) is 54.3 Å². The topological polar surface area (TPSA) is 76.3 Å². The number of hydrogen-bond acceptors (Lipinski definition) is 5. The summed E-state index contributed by atoms with van der Waals surface area (Å²) in [5.41, 5.74) is 1.25. The predicted octanol–water partition coefficient (Wildman–Crippen LogP) is 3.96. The molecule has 0 spiro atoms. The van der Waals surface area contributed by atoms with Gasteiger partial charge in [0, 0.05) is 24.2 Å². The molecule has 1 fully saturated rings. The maximum absolute atomic E-state index is 13.0. The van der Waals surface area contributed by atoms with Crippen LogP contribution >= 0.6 is 0 Å². The number of nitrogens with zero attached hydrogens (tertiary/aromatic N) is 3. The minimum atomic E-state index is -3.49. The van der Waals surface area contributed by atoms with Crippen molar-refractivity contribution in [1.82, 2.24) is 14.4 Å². The van der Waals surface area contributed by atoms with Gasteiger partial charge < -0.3 is 4.52 Å². The molecule has 0 N–H and O–H groups in total. The van der Waals surface area contributed by atoms with Crippen molar-refractivity contribution >= 4 is 10.0 Å². The zero-order chi connectivity index (χ0) is 19.7. The van der Waals surface area contributed by atoms with Gasteiger partial charge in [-0.2, -0.15) is 9.29 Å². The van der Waals surface area contributed by atoms with Crippen LogP contribution in [0.5, 0.6) is 0 Å². The van der Waals surface area contributed by atoms with Gasteiger partial charge in [-0.1, -0.05) is 12.1 Å². The molecule has 0 aliphatic carbocycles. The number of benzene rings is 2. The molecule has 1 saturated heterocycles. The van der Waals surface area contributed by atoms with Crippen LogP contribution in [0.3, 0.4) is 0 Å². The Labute approximate surface area is 163 Å².